The van der Waals surface area contributed by atoms with E-state index in [-0.39, 0.29) is 5.75 Å². The van der Waals surface area contributed by atoms with Gasteiger partial charge in [-0.05, 0) is 60.5 Å². The minimum Gasteiger partial charge on any atom is -0.496 e. The van der Waals surface area contributed by atoms with Gasteiger partial charge in [0, 0.05) is 0 Å². The quantitative estimate of drug-likeness (QED) is 0.271. The lowest BCUT2D eigenvalue weighted by Gasteiger charge is -2.10. The molecule has 0 bridgehead atoms. The number of ether oxygens (including phenoxy) is 3. The predicted molar refractivity (Wildman–Crippen MR) is 117 cm³/mol. The molecular formula is C24H22N2O5. The molecule has 0 atom stereocenters. The van der Waals surface area contributed by atoms with E-state index in [0.717, 1.165) is 5.56 Å². The Morgan fingerprint density at radius 1 is 0.871 bits per heavy atom. The van der Waals surface area contributed by atoms with Crippen molar-refractivity contribution in [3.05, 3.63) is 89.0 Å². The average Bonchev–Trinajstić information content (AvgIpc) is 2.80. The van der Waals surface area contributed by atoms with Crippen LogP contribution in [0.3, 0.4) is 0 Å². The van der Waals surface area contributed by atoms with E-state index >= 15 is 0 Å². The second-order valence-electron chi connectivity index (χ2n) is 6.57. The summed E-state index contributed by atoms with van der Waals surface area (Å²) >= 11 is 0. The van der Waals surface area contributed by atoms with Crippen molar-refractivity contribution in [2.24, 2.45) is 5.10 Å². The predicted octanol–water partition coefficient (Wildman–Crippen LogP) is 4.00. The minimum atomic E-state index is -0.486. The molecule has 31 heavy (non-hydrogen) atoms. The smallest absolute Gasteiger partial charge is 0.343 e. The molecule has 0 aliphatic carbocycles. The molecule has 0 aliphatic rings. The first kappa shape index (κ1) is 21.6. The molecule has 0 unspecified atom stereocenters. The van der Waals surface area contributed by atoms with Crippen molar-refractivity contribution in [3.8, 4) is 17.2 Å². The van der Waals surface area contributed by atoms with E-state index in [9.17, 15) is 9.59 Å². The average molecular weight is 418 g/mol. The van der Waals surface area contributed by atoms with Crippen molar-refractivity contribution in [3.63, 3.8) is 0 Å². The van der Waals surface area contributed by atoms with Crippen molar-refractivity contribution < 1.29 is 23.8 Å². The molecule has 0 spiro atoms. The number of amides is 1. The Hall–Kier alpha value is -4.13. The van der Waals surface area contributed by atoms with Crippen LogP contribution in [0.4, 0.5) is 0 Å². The zero-order valence-electron chi connectivity index (χ0n) is 17.4. The number of nitrogens with one attached hydrogen (secondary N) is 1. The zero-order chi connectivity index (χ0) is 22.2. The highest BCUT2D eigenvalue weighted by Crippen LogP contribution is 2.28. The number of esters is 1. The molecule has 1 amide bonds. The Morgan fingerprint density at radius 3 is 2.32 bits per heavy atom. The molecule has 0 aromatic heterocycles. The van der Waals surface area contributed by atoms with Crippen molar-refractivity contribution >= 4 is 18.1 Å². The van der Waals surface area contributed by atoms with Crippen LogP contribution in [0.5, 0.6) is 17.2 Å². The number of hydrogen-bond donors (Lipinski definition) is 1. The maximum Gasteiger partial charge on any atom is 0.343 e. The van der Waals surface area contributed by atoms with Crippen LogP contribution < -0.4 is 19.6 Å². The van der Waals surface area contributed by atoms with E-state index in [1.807, 2.05) is 19.1 Å². The lowest BCUT2D eigenvalue weighted by atomic mass is 10.1. The number of methoxy groups -OCH3 is 2. The third-order valence-electron chi connectivity index (χ3n) is 4.38. The number of carbonyl (C=O) groups excluding carboxylic acids is 2. The number of nitrogens with zero attached hydrogens (tertiary/aromatic N) is 1. The molecular weight excluding hydrogens is 396 g/mol. The van der Waals surface area contributed by atoms with E-state index in [1.165, 1.54) is 20.4 Å². The van der Waals surface area contributed by atoms with Gasteiger partial charge < -0.3 is 14.2 Å². The van der Waals surface area contributed by atoms with Gasteiger partial charge in [-0.3, -0.25) is 4.79 Å². The summed E-state index contributed by atoms with van der Waals surface area (Å²) in [6, 6.07) is 18.9. The molecule has 3 rings (SSSR count). The fraction of sp³-hybridized carbons (Fsp3) is 0.125. The topological polar surface area (TPSA) is 86.2 Å². The maximum atomic E-state index is 12.4. The number of benzene rings is 3. The standard InChI is InChI=1S/C24H22N2O5/c1-16-9-11-19(21(13-16)29-2)23(27)26-25-15-17-10-12-20(22(14-17)30-3)31-24(28)18-7-5-4-6-8-18/h4-15H,1-3H3,(H,26,27). The first-order valence-corrected chi connectivity index (χ1v) is 9.45. The van der Waals surface area contributed by atoms with Gasteiger partial charge in [0.1, 0.15) is 5.75 Å². The summed E-state index contributed by atoms with van der Waals surface area (Å²) in [6.07, 6.45) is 1.46. The number of aryl methyl sites for hydroxylation is 1. The van der Waals surface area contributed by atoms with Gasteiger partial charge in [-0.2, -0.15) is 5.10 Å². The van der Waals surface area contributed by atoms with Crippen molar-refractivity contribution in [1.29, 1.82) is 0 Å². The first-order chi connectivity index (χ1) is 15.0. The summed E-state index contributed by atoms with van der Waals surface area (Å²) < 4.78 is 16.0. The van der Waals surface area contributed by atoms with Crippen LogP contribution in [-0.2, 0) is 0 Å². The van der Waals surface area contributed by atoms with E-state index in [4.69, 9.17) is 14.2 Å². The van der Waals surface area contributed by atoms with Gasteiger partial charge in [0.05, 0.1) is 31.6 Å². The van der Waals surface area contributed by atoms with Gasteiger partial charge in [0.15, 0.2) is 11.5 Å². The maximum absolute atomic E-state index is 12.4. The van der Waals surface area contributed by atoms with E-state index < -0.39 is 11.9 Å². The van der Waals surface area contributed by atoms with Crippen molar-refractivity contribution in [1.82, 2.24) is 5.43 Å². The number of rotatable bonds is 7. The highest BCUT2D eigenvalue weighted by Gasteiger charge is 2.13. The van der Waals surface area contributed by atoms with Crippen LogP contribution in [0.25, 0.3) is 0 Å². The molecule has 0 saturated heterocycles. The summed E-state index contributed by atoms with van der Waals surface area (Å²) in [5.74, 6) is 0.230. The fourth-order valence-corrected chi connectivity index (χ4v) is 2.79. The lowest BCUT2D eigenvalue weighted by molar-refractivity contribution is 0.0729. The summed E-state index contributed by atoms with van der Waals surface area (Å²) in [7, 11) is 2.98. The van der Waals surface area contributed by atoms with Crippen molar-refractivity contribution in [2.45, 2.75) is 6.92 Å². The van der Waals surface area contributed by atoms with Gasteiger partial charge in [0.2, 0.25) is 0 Å². The van der Waals surface area contributed by atoms with E-state index in [1.54, 1.807) is 54.6 Å². The Bertz CT molecular complexity index is 1110. The summed E-state index contributed by atoms with van der Waals surface area (Å²) in [5, 5.41) is 3.99. The van der Waals surface area contributed by atoms with Gasteiger partial charge in [-0.25, -0.2) is 10.2 Å². The number of hydrogen-bond acceptors (Lipinski definition) is 6. The van der Waals surface area contributed by atoms with Crippen LogP contribution in [0.1, 0.15) is 31.8 Å². The highest BCUT2D eigenvalue weighted by atomic mass is 16.6. The van der Waals surface area contributed by atoms with Crippen LogP contribution in [0.15, 0.2) is 71.8 Å². The third kappa shape index (κ3) is 5.48. The SMILES string of the molecule is COc1cc(C=NNC(=O)c2ccc(C)cc2OC)ccc1OC(=O)c1ccccc1. The molecule has 7 heteroatoms. The van der Waals surface area contributed by atoms with Crippen LogP contribution in [-0.4, -0.2) is 32.3 Å². The summed E-state index contributed by atoms with van der Waals surface area (Å²) in [4.78, 5) is 24.6. The summed E-state index contributed by atoms with van der Waals surface area (Å²) in [6.45, 7) is 1.91. The monoisotopic (exact) mass is 418 g/mol. The molecule has 0 fully saturated rings. The molecule has 7 nitrogen and oxygen atoms in total. The molecule has 0 heterocycles. The molecule has 3 aromatic rings. The molecule has 3 aromatic carbocycles. The molecule has 0 saturated carbocycles. The second kappa shape index (κ2) is 10.1. The van der Waals surface area contributed by atoms with Crippen molar-refractivity contribution in [2.75, 3.05) is 14.2 Å². The van der Waals surface area contributed by atoms with Crippen LogP contribution in [0.2, 0.25) is 0 Å². The highest BCUT2D eigenvalue weighted by molar-refractivity contribution is 5.97. The molecule has 0 radical (unpaired) electrons. The molecule has 1 N–H and O–H groups in total. The Labute approximate surface area is 180 Å². The van der Waals surface area contributed by atoms with Gasteiger partial charge in [-0.15, -0.1) is 0 Å². The molecule has 158 valence electrons. The normalized spacial score (nSPS) is 10.5. The Morgan fingerprint density at radius 2 is 1.61 bits per heavy atom. The lowest BCUT2D eigenvalue weighted by Crippen LogP contribution is -2.18. The van der Waals surface area contributed by atoms with Crippen LogP contribution in [0, 0.1) is 6.92 Å². The third-order valence-corrected chi connectivity index (χ3v) is 4.38. The number of carbonyl (C=O) groups is 2. The van der Waals surface area contributed by atoms with Gasteiger partial charge in [-0.1, -0.05) is 24.3 Å². The fourth-order valence-electron chi connectivity index (χ4n) is 2.79. The van der Waals surface area contributed by atoms with Gasteiger partial charge >= 0.3 is 5.97 Å². The first-order valence-electron chi connectivity index (χ1n) is 9.45. The van der Waals surface area contributed by atoms with Gasteiger partial charge in [0.25, 0.3) is 5.91 Å². The molecule has 0 aliphatic heterocycles. The number of hydrazone groups is 1. The van der Waals surface area contributed by atoms with E-state index in [2.05, 4.69) is 10.5 Å². The minimum absolute atomic E-state index is 0.280. The Kier molecular flexibility index (Phi) is 7.01. The summed E-state index contributed by atoms with van der Waals surface area (Å²) in [5.41, 5.74) is 4.92. The zero-order valence-corrected chi connectivity index (χ0v) is 17.4. The van der Waals surface area contributed by atoms with Crippen LogP contribution >= 0.6 is 0 Å². The second-order valence-corrected chi connectivity index (χ2v) is 6.57. The van der Waals surface area contributed by atoms with E-state index in [0.29, 0.717) is 28.2 Å². The largest absolute Gasteiger partial charge is 0.496 e. The Balaban J connectivity index is 1.69.